The van der Waals surface area contributed by atoms with Crippen molar-refractivity contribution in [2.45, 2.75) is 43.0 Å². The van der Waals surface area contributed by atoms with E-state index < -0.39 is 0 Å². The first-order valence-electron chi connectivity index (χ1n) is 18.3. The van der Waals surface area contributed by atoms with Crippen LogP contribution in [-0.4, -0.2) is 93.4 Å². The number of urea groups is 1. The molecule has 0 radical (unpaired) electrons. The summed E-state index contributed by atoms with van der Waals surface area (Å²) in [6, 6.07) is 24.4. The van der Waals surface area contributed by atoms with Crippen LogP contribution in [-0.2, 0) is 9.59 Å². The Hall–Kier alpha value is -5.60. The highest BCUT2D eigenvalue weighted by molar-refractivity contribution is 8.00. The third-order valence-electron chi connectivity index (χ3n) is 9.71. The number of carbonyl (C=O) groups is 3. The fourth-order valence-corrected chi connectivity index (χ4v) is 8.43. The first-order chi connectivity index (χ1) is 26.4. The molecule has 14 heteroatoms. The van der Waals surface area contributed by atoms with Crippen molar-refractivity contribution in [2.75, 3.05) is 49.5 Å². The summed E-state index contributed by atoms with van der Waals surface area (Å²) in [5, 5.41) is 9.32. The Morgan fingerprint density at radius 1 is 0.907 bits per heavy atom. The first-order valence-corrected chi connectivity index (χ1v) is 19.3. The number of nitrogen functional groups attached to an aromatic ring is 1. The maximum atomic E-state index is 12.8. The van der Waals surface area contributed by atoms with Crippen molar-refractivity contribution in [1.82, 2.24) is 30.4 Å². The normalized spacial score (nSPS) is 19.6. The van der Waals surface area contributed by atoms with Crippen molar-refractivity contribution in [1.29, 1.82) is 0 Å². The van der Waals surface area contributed by atoms with Crippen LogP contribution in [0.15, 0.2) is 97.3 Å². The highest BCUT2D eigenvalue weighted by Gasteiger charge is 2.42. The monoisotopic (exact) mass is 748 g/mol. The molecular weight excluding hydrogens is 705 g/mol. The molecule has 4 amide bonds. The Bertz CT molecular complexity index is 1960. The predicted octanol–water partition coefficient (Wildman–Crippen LogP) is 5.68. The van der Waals surface area contributed by atoms with Gasteiger partial charge in [0.05, 0.1) is 17.6 Å². The fraction of sp³-hybridized carbons (Fsp3) is 0.325. The number of aromatic nitrogens is 2. The molecular formula is C40H44N8O5S. The number of ether oxygens (including phenoxy) is 2. The average Bonchev–Trinajstić information content (AvgIpc) is 3.73. The minimum Gasteiger partial charge on any atom is -0.457 e. The molecule has 0 saturated carbocycles. The van der Waals surface area contributed by atoms with Crippen molar-refractivity contribution >= 4 is 41.1 Å². The van der Waals surface area contributed by atoms with Gasteiger partial charge >= 0.3 is 6.03 Å². The summed E-state index contributed by atoms with van der Waals surface area (Å²) in [7, 11) is 0. The fourth-order valence-electron chi connectivity index (χ4n) is 6.89. The summed E-state index contributed by atoms with van der Waals surface area (Å²) < 4.78 is 12.1. The topological polar surface area (TPSA) is 164 Å². The van der Waals surface area contributed by atoms with Crippen molar-refractivity contribution < 1.29 is 23.9 Å². The van der Waals surface area contributed by atoms with Crippen LogP contribution in [0, 0.1) is 0 Å². The van der Waals surface area contributed by atoms with E-state index in [0.717, 1.165) is 49.4 Å². The number of hydrogen-bond donors (Lipinski definition) is 4. The zero-order chi connectivity index (χ0) is 37.3. The minimum atomic E-state index is -0.260. The van der Waals surface area contributed by atoms with E-state index >= 15 is 0 Å². The zero-order valence-corrected chi connectivity index (χ0v) is 30.7. The number of nitrogens with one attached hydrogen (secondary N) is 3. The van der Waals surface area contributed by atoms with Gasteiger partial charge in [-0.3, -0.25) is 14.5 Å². The number of carbonyl (C=O) groups excluding carboxylic acids is 3. The van der Waals surface area contributed by atoms with Gasteiger partial charge in [0, 0.05) is 68.0 Å². The summed E-state index contributed by atoms with van der Waals surface area (Å²) >= 11 is 1.91. The molecule has 4 aromatic rings. The number of amides is 4. The Labute approximate surface area is 318 Å². The highest BCUT2D eigenvalue weighted by Crippen LogP contribution is 2.37. The van der Waals surface area contributed by atoms with Crippen LogP contribution < -0.4 is 31.2 Å². The van der Waals surface area contributed by atoms with Gasteiger partial charge in [-0.25, -0.2) is 14.8 Å². The number of unbranched alkanes of at least 4 members (excludes halogenated alkanes) is 1. The van der Waals surface area contributed by atoms with Gasteiger partial charge in [0.1, 0.15) is 29.4 Å². The van der Waals surface area contributed by atoms with Gasteiger partial charge in [0.2, 0.25) is 17.7 Å². The lowest BCUT2D eigenvalue weighted by Gasteiger charge is -2.34. The SMILES string of the molecule is Nc1ncnc(Oc2cccc(NC(=O)C=CCN3CCN(C(=O)CCCC[C@@H]4SCC5NC(=O)NC54)CC3)c2)c1-c1ccc(Oc2ccccc2)cc1. The third-order valence-corrected chi connectivity index (χ3v) is 11.2. The molecule has 280 valence electrons. The Morgan fingerprint density at radius 2 is 1.69 bits per heavy atom. The van der Waals surface area contributed by atoms with Crippen LogP contribution in [0.4, 0.5) is 16.3 Å². The quantitative estimate of drug-likeness (QED) is 0.0718. The molecule has 3 aliphatic heterocycles. The molecule has 3 atom stereocenters. The van der Waals surface area contributed by atoms with Crippen LogP contribution in [0.5, 0.6) is 23.1 Å². The Morgan fingerprint density at radius 3 is 2.50 bits per heavy atom. The van der Waals surface area contributed by atoms with Crippen LogP contribution in [0.3, 0.4) is 0 Å². The molecule has 0 bridgehead atoms. The van der Waals surface area contributed by atoms with Crippen LogP contribution in [0.1, 0.15) is 25.7 Å². The molecule has 3 aliphatic rings. The van der Waals surface area contributed by atoms with Crippen molar-refractivity contribution in [2.24, 2.45) is 0 Å². The summed E-state index contributed by atoms with van der Waals surface area (Å²) in [6.45, 7) is 3.49. The van der Waals surface area contributed by atoms with Crippen molar-refractivity contribution in [3.8, 4) is 34.3 Å². The number of thioether (sulfide) groups is 1. The second kappa shape index (κ2) is 17.5. The van der Waals surface area contributed by atoms with Crippen molar-refractivity contribution in [3.05, 3.63) is 97.3 Å². The maximum Gasteiger partial charge on any atom is 0.315 e. The van der Waals surface area contributed by atoms with E-state index in [4.69, 9.17) is 15.2 Å². The molecule has 0 aliphatic carbocycles. The summed E-state index contributed by atoms with van der Waals surface area (Å²) in [5.74, 6) is 3.31. The molecule has 5 N–H and O–H groups in total. The third kappa shape index (κ3) is 9.49. The van der Waals surface area contributed by atoms with E-state index in [9.17, 15) is 14.4 Å². The largest absolute Gasteiger partial charge is 0.457 e. The zero-order valence-electron chi connectivity index (χ0n) is 29.9. The van der Waals surface area contributed by atoms with E-state index in [-0.39, 0.29) is 41.6 Å². The number of nitrogens with zero attached hydrogens (tertiary/aromatic N) is 4. The van der Waals surface area contributed by atoms with Crippen LogP contribution in [0.2, 0.25) is 0 Å². The van der Waals surface area contributed by atoms with E-state index in [1.165, 1.54) is 12.4 Å². The first kappa shape index (κ1) is 36.7. The molecule has 0 spiro atoms. The number of para-hydroxylation sites is 1. The number of rotatable bonds is 14. The molecule has 7 rings (SSSR count). The van der Waals surface area contributed by atoms with Gasteiger partial charge in [0.25, 0.3) is 0 Å². The minimum absolute atomic E-state index is 0.0628. The van der Waals surface area contributed by atoms with Crippen LogP contribution >= 0.6 is 11.8 Å². The highest BCUT2D eigenvalue weighted by atomic mass is 32.2. The summed E-state index contributed by atoms with van der Waals surface area (Å²) in [4.78, 5) is 49.9. The van der Waals surface area contributed by atoms with Gasteiger partial charge in [-0.2, -0.15) is 11.8 Å². The van der Waals surface area contributed by atoms with E-state index in [2.05, 4.69) is 30.8 Å². The molecule has 54 heavy (non-hydrogen) atoms. The summed E-state index contributed by atoms with van der Waals surface area (Å²) in [6.07, 6.45) is 8.11. The number of fused-ring (bicyclic) bond motifs is 1. The Balaban J connectivity index is 0.839. The smallest absolute Gasteiger partial charge is 0.315 e. The molecule has 3 fully saturated rings. The lowest BCUT2D eigenvalue weighted by Crippen LogP contribution is -2.48. The molecule has 3 saturated heterocycles. The van der Waals surface area contributed by atoms with Gasteiger partial charge in [-0.15, -0.1) is 0 Å². The maximum absolute atomic E-state index is 12.8. The summed E-state index contributed by atoms with van der Waals surface area (Å²) in [5.41, 5.74) is 8.14. The predicted molar refractivity (Wildman–Crippen MR) is 210 cm³/mol. The number of anilines is 2. The number of piperazine rings is 1. The standard InChI is InChI=1S/C40H44N8O5S/c41-38-36(27-15-17-30(18-16-27)52-29-9-2-1-3-10-29)39(43-26-42-38)53-31-11-6-8-28(24-31)44-34(49)13-7-19-47-20-22-48(23-21-47)35(50)14-5-4-12-33-37-32(25-54-33)45-40(51)46-37/h1-3,6-11,13,15-18,24,26,32-33,37H,4-5,12,14,19-23,25H2,(H,44,49)(H2,41,42,43)(H2,45,46,51)/t32?,33-,37?/m0/s1. The van der Waals surface area contributed by atoms with Crippen molar-refractivity contribution in [3.63, 3.8) is 0 Å². The molecule has 3 aromatic carbocycles. The van der Waals surface area contributed by atoms with Gasteiger partial charge in [0.15, 0.2) is 0 Å². The lowest BCUT2D eigenvalue weighted by atomic mass is 10.0. The molecule has 2 unspecified atom stereocenters. The molecule has 4 heterocycles. The molecule has 1 aromatic heterocycles. The van der Waals surface area contributed by atoms with Crippen LogP contribution in [0.25, 0.3) is 11.1 Å². The van der Waals surface area contributed by atoms with E-state index in [1.54, 1.807) is 24.3 Å². The van der Waals surface area contributed by atoms with Gasteiger partial charge < -0.3 is 36.1 Å². The van der Waals surface area contributed by atoms with E-state index in [0.29, 0.717) is 54.1 Å². The average molecular weight is 749 g/mol. The molecule has 13 nitrogen and oxygen atoms in total. The number of benzene rings is 3. The number of hydrogen-bond acceptors (Lipinski definition) is 10. The lowest BCUT2D eigenvalue weighted by molar-refractivity contribution is -0.133. The number of nitrogens with two attached hydrogens (primary N) is 1. The second-order valence-electron chi connectivity index (χ2n) is 13.4. The van der Waals surface area contributed by atoms with E-state index in [1.807, 2.05) is 77.3 Å². The van der Waals surface area contributed by atoms with Gasteiger partial charge in [-0.05, 0) is 54.8 Å². The Kier molecular flexibility index (Phi) is 11.9. The second-order valence-corrected chi connectivity index (χ2v) is 14.7. The van der Waals surface area contributed by atoms with Gasteiger partial charge in [-0.1, -0.05) is 48.9 Å².